The number of unbranched alkanes of at least 4 members (excludes halogenated alkanes) is 1. The van der Waals surface area contributed by atoms with Crippen molar-refractivity contribution in [3.8, 4) is 0 Å². The number of pyridine rings is 1. The van der Waals surface area contributed by atoms with Crippen LogP contribution in [0.1, 0.15) is 31.0 Å². The molecule has 0 saturated carbocycles. The molecule has 2 N–H and O–H groups in total. The summed E-state index contributed by atoms with van der Waals surface area (Å²) >= 11 is 0. The van der Waals surface area contributed by atoms with Crippen LogP contribution in [0.4, 0.5) is 0 Å². The quantitative estimate of drug-likeness (QED) is 0.738. The van der Waals surface area contributed by atoms with Crippen LogP contribution in [-0.4, -0.2) is 4.98 Å². The Morgan fingerprint density at radius 2 is 2.33 bits per heavy atom. The highest BCUT2D eigenvalue weighted by molar-refractivity contribution is 5.19. The summed E-state index contributed by atoms with van der Waals surface area (Å²) in [7, 11) is 0. The zero-order valence-electron chi connectivity index (χ0n) is 7.59. The molecule has 0 amide bonds. The fourth-order valence-corrected chi connectivity index (χ4v) is 1.25. The third-order valence-electron chi connectivity index (χ3n) is 1.98. The van der Waals surface area contributed by atoms with Crippen LogP contribution in [0.5, 0.6) is 0 Å². The van der Waals surface area contributed by atoms with Gasteiger partial charge in [-0.15, -0.1) is 0 Å². The molecule has 0 aliphatic heterocycles. The molecule has 1 heterocycles. The number of aromatic nitrogens is 1. The molecule has 0 aromatic carbocycles. The molecule has 0 radical (unpaired) electrons. The first-order valence-electron chi connectivity index (χ1n) is 4.51. The molecule has 66 valence electrons. The van der Waals surface area contributed by atoms with Gasteiger partial charge in [-0.2, -0.15) is 0 Å². The Bertz CT molecular complexity index is 233. The van der Waals surface area contributed by atoms with Crippen LogP contribution in [0.15, 0.2) is 18.3 Å². The van der Waals surface area contributed by atoms with Crippen LogP contribution < -0.4 is 5.73 Å². The standard InChI is InChI=1S/C10H16N2/c1-2-3-5-9-6-4-7-12-10(9)8-11/h4,6-7H,2-3,5,8,11H2,1H3. The van der Waals surface area contributed by atoms with Gasteiger partial charge >= 0.3 is 0 Å². The van der Waals surface area contributed by atoms with E-state index in [0.717, 1.165) is 12.1 Å². The molecule has 0 aliphatic rings. The molecule has 0 bridgehead atoms. The van der Waals surface area contributed by atoms with E-state index in [1.54, 1.807) is 6.20 Å². The first-order chi connectivity index (χ1) is 5.88. The van der Waals surface area contributed by atoms with Crippen molar-refractivity contribution in [1.82, 2.24) is 4.98 Å². The zero-order chi connectivity index (χ0) is 8.81. The third-order valence-corrected chi connectivity index (χ3v) is 1.98. The van der Waals surface area contributed by atoms with Crippen LogP contribution in [0.3, 0.4) is 0 Å². The van der Waals surface area contributed by atoms with E-state index in [4.69, 9.17) is 5.73 Å². The first kappa shape index (κ1) is 9.20. The highest BCUT2D eigenvalue weighted by Crippen LogP contribution is 2.08. The first-order valence-corrected chi connectivity index (χ1v) is 4.51. The van der Waals surface area contributed by atoms with Crippen molar-refractivity contribution in [3.63, 3.8) is 0 Å². The average molecular weight is 164 g/mol. The molecule has 12 heavy (non-hydrogen) atoms. The maximum atomic E-state index is 5.56. The summed E-state index contributed by atoms with van der Waals surface area (Å²) < 4.78 is 0. The minimum absolute atomic E-state index is 0.555. The van der Waals surface area contributed by atoms with Gasteiger partial charge in [-0.25, -0.2) is 0 Å². The van der Waals surface area contributed by atoms with Gasteiger partial charge in [0.05, 0.1) is 5.69 Å². The van der Waals surface area contributed by atoms with Crippen LogP contribution in [0, 0.1) is 0 Å². The van der Waals surface area contributed by atoms with Gasteiger partial charge in [0.1, 0.15) is 0 Å². The van der Waals surface area contributed by atoms with E-state index in [-0.39, 0.29) is 0 Å². The van der Waals surface area contributed by atoms with Crippen LogP contribution in [-0.2, 0) is 13.0 Å². The smallest absolute Gasteiger partial charge is 0.0571 e. The number of hydrogen-bond donors (Lipinski definition) is 1. The van der Waals surface area contributed by atoms with Gasteiger partial charge in [0.25, 0.3) is 0 Å². The second-order valence-electron chi connectivity index (χ2n) is 2.92. The van der Waals surface area contributed by atoms with E-state index in [1.807, 2.05) is 6.07 Å². The molecule has 0 fully saturated rings. The van der Waals surface area contributed by atoms with Crippen molar-refractivity contribution in [1.29, 1.82) is 0 Å². The minimum Gasteiger partial charge on any atom is -0.325 e. The lowest BCUT2D eigenvalue weighted by Crippen LogP contribution is -2.03. The highest BCUT2D eigenvalue weighted by atomic mass is 14.7. The number of nitrogens with zero attached hydrogens (tertiary/aromatic N) is 1. The molecular formula is C10H16N2. The van der Waals surface area contributed by atoms with Gasteiger partial charge < -0.3 is 5.73 Å². The van der Waals surface area contributed by atoms with Gasteiger partial charge in [0, 0.05) is 12.7 Å². The van der Waals surface area contributed by atoms with E-state index in [1.165, 1.54) is 18.4 Å². The van der Waals surface area contributed by atoms with Crippen molar-refractivity contribution in [2.45, 2.75) is 32.7 Å². The van der Waals surface area contributed by atoms with E-state index < -0.39 is 0 Å². The molecule has 1 aromatic heterocycles. The predicted octanol–water partition coefficient (Wildman–Crippen LogP) is 1.88. The molecule has 2 nitrogen and oxygen atoms in total. The van der Waals surface area contributed by atoms with Crippen molar-refractivity contribution in [3.05, 3.63) is 29.6 Å². The number of rotatable bonds is 4. The molecule has 1 aromatic rings. The topological polar surface area (TPSA) is 38.9 Å². The Hall–Kier alpha value is -0.890. The molecule has 0 unspecified atom stereocenters. The second kappa shape index (κ2) is 4.88. The maximum Gasteiger partial charge on any atom is 0.0571 e. The van der Waals surface area contributed by atoms with E-state index in [9.17, 15) is 0 Å². The van der Waals surface area contributed by atoms with Gasteiger partial charge in [-0.3, -0.25) is 4.98 Å². The predicted molar refractivity (Wildman–Crippen MR) is 50.7 cm³/mol. The number of nitrogens with two attached hydrogens (primary N) is 1. The molecule has 0 atom stereocenters. The second-order valence-corrected chi connectivity index (χ2v) is 2.92. The normalized spacial score (nSPS) is 10.2. The molecular weight excluding hydrogens is 148 g/mol. The fourth-order valence-electron chi connectivity index (χ4n) is 1.25. The van der Waals surface area contributed by atoms with Crippen molar-refractivity contribution in [2.75, 3.05) is 0 Å². The monoisotopic (exact) mass is 164 g/mol. The number of hydrogen-bond acceptors (Lipinski definition) is 2. The van der Waals surface area contributed by atoms with Gasteiger partial charge in [-0.05, 0) is 24.5 Å². The zero-order valence-corrected chi connectivity index (χ0v) is 7.59. The summed E-state index contributed by atoms with van der Waals surface area (Å²) in [5.41, 5.74) is 7.91. The molecule has 1 rings (SSSR count). The lowest BCUT2D eigenvalue weighted by Gasteiger charge is -2.04. The summed E-state index contributed by atoms with van der Waals surface area (Å²) in [4.78, 5) is 4.23. The van der Waals surface area contributed by atoms with Gasteiger partial charge in [-0.1, -0.05) is 19.4 Å². The lowest BCUT2D eigenvalue weighted by atomic mass is 10.1. The van der Waals surface area contributed by atoms with Crippen LogP contribution in [0.2, 0.25) is 0 Å². The Morgan fingerprint density at radius 3 is 3.00 bits per heavy atom. The SMILES string of the molecule is CCCCc1cccnc1CN. The lowest BCUT2D eigenvalue weighted by molar-refractivity contribution is 0.777. The van der Waals surface area contributed by atoms with E-state index in [2.05, 4.69) is 18.0 Å². The summed E-state index contributed by atoms with van der Waals surface area (Å²) in [6, 6.07) is 4.09. The molecule has 0 saturated heterocycles. The Balaban J connectivity index is 2.68. The molecule has 2 heteroatoms. The van der Waals surface area contributed by atoms with Gasteiger partial charge in [0.15, 0.2) is 0 Å². The fraction of sp³-hybridized carbons (Fsp3) is 0.500. The van der Waals surface area contributed by atoms with Gasteiger partial charge in [0.2, 0.25) is 0 Å². The largest absolute Gasteiger partial charge is 0.325 e. The van der Waals surface area contributed by atoms with Crippen molar-refractivity contribution >= 4 is 0 Å². The maximum absolute atomic E-state index is 5.56. The Kier molecular flexibility index (Phi) is 3.74. The Morgan fingerprint density at radius 1 is 1.50 bits per heavy atom. The number of aryl methyl sites for hydroxylation is 1. The van der Waals surface area contributed by atoms with Crippen molar-refractivity contribution < 1.29 is 0 Å². The summed E-state index contributed by atoms with van der Waals surface area (Å²) in [5.74, 6) is 0. The summed E-state index contributed by atoms with van der Waals surface area (Å²) in [6.45, 7) is 2.75. The summed E-state index contributed by atoms with van der Waals surface area (Å²) in [6.07, 6.45) is 5.35. The van der Waals surface area contributed by atoms with E-state index >= 15 is 0 Å². The van der Waals surface area contributed by atoms with Crippen LogP contribution >= 0.6 is 0 Å². The van der Waals surface area contributed by atoms with Crippen molar-refractivity contribution in [2.24, 2.45) is 5.73 Å². The average Bonchev–Trinajstić information content (AvgIpc) is 2.15. The Labute approximate surface area is 73.8 Å². The molecule has 0 spiro atoms. The third kappa shape index (κ3) is 2.31. The summed E-state index contributed by atoms with van der Waals surface area (Å²) in [5, 5.41) is 0. The van der Waals surface area contributed by atoms with Crippen LogP contribution in [0.25, 0.3) is 0 Å². The molecule has 0 aliphatic carbocycles. The highest BCUT2D eigenvalue weighted by Gasteiger charge is 1.99. The van der Waals surface area contributed by atoms with E-state index in [0.29, 0.717) is 6.54 Å². The minimum atomic E-state index is 0.555.